The molecule has 0 aliphatic rings. The van der Waals surface area contributed by atoms with Crippen molar-refractivity contribution < 1.29 is 14.3 Å². The molecule has 25 heavy (non-hydrogen) atoms. The van der Waals surface area contributed by atoms with Crippen LogP contribution < -0.4 is 5.32 Å². The van der Waals surface area contributed by atoms with Crippen LogP contribution in [0.15, 0.2) is 41.1 Å². The van der Waals surface area contributed by atoms with E-state index in [-0.39, 0.29) is 24.6 Å². The van der Waals surface area contributed by atoms with Gasteiger partial charge in [-0.1, -0.05) is 30.3 Å². The number of ether oxygens (including phenoxy) is 1. The Morgan fingerprint density at radius 3 is 2.68 bits per heavy atom. The molecule has 3 aromatic rings. The molecule has 3 rings (SSSR count). The van der Waals surface area contributed by atoms with E-state index in [0.717, 1.165) is 10.6 Å². The molecule has 6 nitrogen and oxygen atoms in total. The average molecular weight is 373 g/mol. The molecule has 0 saturated carbocycles. The van der Waals surface area contributed by atoms with E-state index in [0.29, 0.717) is 10.8 Å². The Morgan fingerprint density at radius 2 is 1.92 bits per heavy atom. The Kier molecular flexibility index (Phi) is 5.52. The molecule has 0 bridgehead atoms. The van der Waals surface area contributed by atoms with Crippen molar-refractivity contribution in [3.05, 3.63) is 52.5 Å². The van der Waals surface area contributed by atoms with Crippen molar-refractivity contribution in [2.75, 3.05) is 11.9 Å². The maximum absolute atomic E-state index is 12.1. The van der Waals surface area contributed by atoms with E-state index < -0.39 is 5.97 Å². The number of esters is 1. The minimum atomic E-state index is -0.494. The van der Waals surface area contributed by atoms with E-state index in [2.05, 4.69) is 15.3 Å². The number of anilines is 1. The van der Waals surface area contributed by atoms with Crippen molar-refractivity contribution in [2.24, 2.45) is 0 Å². The topological polar surface area (TPSA) is 81.2 Å². The predicted octanol–water partition coefficient (Wildman–Crippen LogP) is 3.62. The fraction of sp³-hybridized carbons (Fsp3) is 0.176. The number of benzene rings is 1. The number of nitrogens with one attached hydrogen (secondary N) is 1. The molecule has 0 aliphatic heterocycles. The molecule has 0 fully saturated rings. The van der Waals surface area contributed by atoms with E-state index in [9.17, 15) is 9.59 Å². The zero-order valence-corrected chi connectivity index (χ0v) is 15.0. The Morgan fingerprint density at radius 1 is 1.12 bits per heavy atom. The standard InChI is InChI=1S/C17H15N3O3S2/c1-2-23-16(22)13-10-25-17(19-13)20-14(21)8-12-9-24-15(18-12)11-6-4-3-5-7-11/h3-7,9-10H,2,8H2,1H3,(H,19,20,21). The van der Waals surface area contributed by atoms with Crippen LogP contribution >= 0.6 is 22.7 Å². The summed E-state index contributed by atoms with van der Waals surface area (Å²) in [6.45, 7) is 2.01. The van der Waals surface area contributed by atoms with Crippen LogP contribution in [0, 0.1) is 0 Å². The fourth-order valence-corrected chi connectivity index (χ4v) is 3.58. The zero-order chi connectivity index (χ0) is 17.6. The lowest BCUT2D eigenvalue weighted by Gasteiger charge is -1.99. The summed E-state index contributed by atoms with van der Waals surface area (Å²) in [6.07, 6.45) is 0.150. The number of hydrogen-bond acceptors (Lipinski definition) is 7. The van der Waals surface area contributed by atoms with Gasteiger partial charge in [-0.2, -0.15) is 0 Å². The molecule has 8 heteroatoms. The molecule has 0 saturated heterocycles. The van der Waals surface area contributed by atoms with Gasteiger partial charge in [-0.05, 0) is 6.92 Å². The molecule has 1 aromatic carbocycles. The number of aromatic nitrogens is 2. The first-order valence-electron chi connectivity index (χ1n) is 7.58. The molecule has 1 amide bonds. The minimum Gasteiger partial charge on any atom is -0.461 e. The van der Waals surface area contributed by atoms with Gasteiger partial charge in [-0.3, -0.25) is 4.79 Å². The third-order valence-corrected chi connectivity index (χ3v) is 4.85. The monoisotopic (exact) mass is 373 g/mol. The number of carbonyl (C=O) groups is 2. The van der Waals surface area contributed by atoms with E-state index in [4.69, 9.17) is 4.74 Å². The van der Waals surface area contributed by atoms with Gasteiger partial charge in [0.1, 0.15) is 5.01 Å². The Balaban J connectivity index is 1.60. The van der Waals surface area contributed by atoms with Gasteiger partial charge < -0.3 is 10.1 Å². The van der Waals surface area contributed by atoms with Gasteiger partial charge in [-0.15, -0.1) is 22.7 Å². The molecule has 2 heterocycles. The zero-order valence-electron chi connectivity index (χ0n) is 13.4. The number of hydrogen-bond donors (Lipinski definition) is 1. The summed E-state index contributed by atoms with van der Waals surface area (Å²) in [4.78, 5) is 32.3. The number of carbonyl (C=O) groups excluding carboxylic acids is 2. The van der Waals surface area contributed by atoms with E-state index in [1.807, 2.05) is 35.7 Å². The summed E-state index contributed by atoms with van der Waals surface area (Å²) in [5.74, 6) is -0.721. The van der Waals surface area contributed by atoms with Crippen molar-refractivity contribution in [3.8, 4) is 10.6 Å². The first-order chi connectivity index (χ1) is 12.2. The van der Waals surface area contributed by atoms with Crippen molar-refractivity contribution in [3.63, 3.8) is 0 Å². The molecular formula is C17H15N3O3S2. The summed E-state index contributed by atoms with van der Waals surface area (Å²) < 4.78 is 4.87. The van der Waals surface area contributed by atoms with Crippen LogP contribution in [0.2, 0.25) is 0 Å². The van der Waals surface area contributed by atoms with Crippen LogP contribution in [0.25, 0.3) is 10.6 Å². The normalized spacial score (nSPS) is 10.4. The average Bonchev–Trinajstić information content (AvgIpc) is 3.25. The summed E-state index contributed by atoms with van der Waals surface area (Å²) >= 11 is 2.68. The Hall–Kier alpha value is -2.58. The van der Waals surface area contributed by atoms with Crippen LogP contribution in [-0.4, -0.2) is 28.5 Å². The Labute approximate surface area is 152 Å². The quantitative estimate of drug-likeness (QED) is 0.668. The lowest BCUT2D eigenvalue weighted by molar-refractivity contribution is -0.115. The Bertz CT molecular complexity index is 874. The van der Waals surface area contributed by atoms with Gasteiger partial charge in [0, 0.05) is 16.3 Å². The predicted molar refractivity (Wildman–Crippen MR) is 98.0 cm³/mol. The number of rotatable bonds is 6. The van der Waals surface area contributed by atoms with Crippen LogP contribution in [0.5, 0.6) is 0 Å². The van der Waals surface area contributed by atoms with Crippen LogP contribution in [0.3, 0.4) is 0 Å². The smallest absolute Gasteiger partial charge is 0.357 e. The van der Waals surface area contributed by atoms with E-state index in [1.54, 1.807) is 12.3 Å². The first-order valence-corrected chi connectivity index (χ1v) is 9.34. The highest BCUT2D eigenvalue weighted by molar-refractivity contribution is 7.14. The van der Waals surface area contributed by atoms with Crippen LogP contribution in [0.4, 0.5) is 5.13 Å². The molecule has 0 aliphatic carbocycles. The van der Waals surface area contributed by atoms with Gasteiger partial charge in [0.05, 0.1) is 18.7 Å². The third kappa shape index (κ3) is 4.49. The lowest BCUT2D eigenvalue weighted by atomic mass is 10.2. The van der Waals surface area contributed by atoms with Gasteiger partial charge in [0.25, 0.3) is 0 Å². The maximum atomic E-state index is 12.1. The van der Waals surface area contributed by atoms with Crippen molar-refractivity contribution in [2.45, 2.75) is 13.3 Å². The van der Waals surface area contributed by atoms with Gasteiger partial charge >= 0.3 is 5.97 Å². The second kappa shape index (κ2) is 8.00. The molecule has 0 spiro atoms. The first kappa shape index (κ1) is 17.2. The maximum Gasteiger partial charge on any atom is 0.357 e. The van der Waals surface area contributed by atoms with Gasteiger partial charge in [-0.25, -0.2) is 14.8 Å². The lowest BCUT2D eigenvalue weighted by Crippen LogP contribution is -2.15. The van der Waals surface area contributed by atoms with E-state index in [1.165, 1.54) is 22.7 Å². The fourth-order valence-electron chi connectivity index (χ4n) is 2.06. The highest BCUT2D eigenvalue weighted by Crippen LogP contribution is 2.23. The number of nitrogens with zero attached hydrogens (tertiary/aromatic N) is 2. The summed E-state index contributed by atoms with van der Waals surface area (Å²) in [7, 11) is 0. The van der Waals surface area contributed by atoms with Crippen molar-refractivity contribution >= 4 is 39.7 Å². The van der Waals surface area contributed by atoms with Crippen molar-refractivity contribution in [1.29, 1.82) is 0 Å². The molecule has 0 unspecified atom stereocenters. The second-order valence-electron chi connectivity index (χ2n) is 4.99. The molecule has 1 N–H and O–H groups in total. The van der Waals surface area contributed by atoms with Crippen LogP contribution in [0.1, 0.15) is 23.1 Å². The van der Waals surface area contributed by atoms with Gasteiger partial charge in [0.15, 0.2) is 10.8 Å². The summed E-state index contributed by atoms with van der Waals surface area (Å²) in [5.41, 5.74) is 1.92. The SMILES string of the molecule is CCOC(=O)c1csc(NC(=O)Cc2csc(-c3ccccc3)n2)n1. The summed E-state index contributed by atoms with van der Waals surface area (Å²) in [5, 5.41) is 7.35. The highest BCUT2D eigenvalue weighted by atomic mass is 32.1. The molecule has 128 valence electrons. The largest absolute Gasteiger partial charge is 0.461 e. The van der Waals surface area contributed by atoms with Crippen LogP contribution in [-0.2, 0) is 16.0 Å². The summed E-state index contributed by atoms with van der Waals surface area (Å²) in [6, 6.07) is 9.81. The van der Waals surface area contributed by atoms with Crippen molar-refractivity contribution in [1.82, 2.24) is 9.97 Å². The second-order valence-corrected chi connectivity index (χ2v) is 6.71. The highest BCUT2D eigenvalue weighted by Gasteiger charge is 2.14. The number of thiazole rings is 2. The van der Waals surface area contributed by atoms with Gasteiger partial charge in [0.2, 0.25) is 5.91 Å². The molecular weight excluding hydrogens is 358 g/mol. The molecule has 0 atom stereocenters. The number of amides is 1. The molecule has 0 radical (unpaired) electrons. The molecule has 2 aromatic heterocycles. The van der Waals surface area contributed by atoms with E-state index >= 15 is 0 Å². The minimum absolute atomic E-state index is 0.150. The third-order valence-electron chi connectivity index (χ3n) is 3.15.